The van der Waals surface area contributed by atoms with Gasteiger partial charge in [-0.3, -0.25) is 14.9 Å². The molecule has 1 N–H and O–H groups in total. The van der Waals surface area contributed by atoms with Gasteiger partial charge in [0.25, 0.3) is 11.6 Å². The zero-order chi connectivity index (χ0) is 16.3. The fraction of sp³-hybridized carbons (Fsp3) is 0.133. The molecule has 0 aliphatic heterocycles. The first-order valence-electron chi connectivity index (χ1n) is 6.32. The van der Waals surface area contributed by atoms with Gasteiger partial charge in [-0.25, -0.2) is 0 Å². The van der Waals surface area contributed by atoms with Crippen molar-refractivity contribution in [1.29, 1.82) is 0 Å². The highest BCUT2D eigenvalue weighted by Crippen LogP contribution is 2.26. The Morgan fingerprint density at radius 3 is 2.59 bits per heavy atom. The van der Waals surface area contributed by atoms with E-state index in [4.69, 9.17) is 0 Å². The van der Waals surface area contributed by atoms with E-state index in [-0.39, 0.29) is 11.3 Å². The van der Waals surface area contributed by atoms with Gasteiger partial charge in [0, 0.05) is 20.2 Å². The van der Waals surface area contributed by atoms with Gasteiger partial charge in [0.05, 0.1) is 4.92 Å². The van der Waals surface area contributed by atoms with Gasteiger partial charge in [-0.15, -0.1) is 11.8 Å². The number of amides is 1. The van der Waals surface area contributed by atoms with Crippen LogP contribution in [-0.4, -0.2) is 17.1 Å². The number of rotatable bonds is 4. The predicted molar refractivity (Wildman–Crippen MR) is 96.7 cm³/mol. The summed E-state index contributed by atoms with van der Waals surface area (Å²) in [5.74, 6) is -0.480. The van der Waals surface area contributed by atoms with E-state index >= 15 is 0 Å². The van der Waals surface area contributed by atoms with Crippen LogP contribution in [0.2, 0.25) is 0 Å². The summed E-state index contributed by atoms with van der Waals surface area (Å²) >= 11 is 3.61. The number of nitro benzene ring substituents is 1. The fourth-order valence-corrected chi connectivity index (χ4v) is 3.03. The predicted octanol–water partition coefficient (Wildman–Crippen LogP) is 4.48. The number of hydrogen-bond acceptors (Lipinski definition) is 4. The minimum atomic E-state index is -0.542. The molecule has 114 valence electrons. The van der Waals surface area contributed by atoms with Crippen molar-refractivity contribution >= 4 is 51.6 Å². The quantitative estimate of drug-likeness (QED) is 0.337. The summed E-state index contributed by atoms with van der Waals surface area (Å²) < 4.78 is 1.06. The summed E-state index contributed by atoms with van der Waals surface area (Å²) in [4.78, 5) is 23.8. The molecule has 0 unspecified atom stereocenters. The monoisotopic (exact) mass is 428 g/mol. The minimum Gasteiger partial charge on any atom is -0.322 e. The molecule has 0 heterocycles. The van der Waals surface area contributed by atoms with Crippen molar-refractivity contribution in [3.05, 3.63) is 61.2 Å². The number of carbonyl (C=O) groups excluding carboxylic acids is 1. The lowest BCUT2D eigenvalue weighted by atomic mass is 10.1. The second kappa shape index (κ2) is 7.10. The highest BCUT2D eigenvalue weighted by atomic mass is 127. The van der Waals surface area contributed by atoms with Crippen LogP contribution in [0.3, 0.4) is 0 Å². The van der Waals surface area contributed by atoms with Crippen molar-refractivity contribution < 1.29 is 9.72 Å². The van der Waals surface area contributed by atoms with Gasteiger partial charge in [0.2, 0.25) is 0 Å². The van der Waals surface area contributed by atoms with Crippen molar-refractivity contribution in [3.63, 3.8) is 0 Å². The number of aryl methyl sites for hydroxylation is 1. The number of halogens is 1. The highest BCUT2D eigenvalue weighted by Gasteiger charge is 2.21. The summed E-state index contributed by atoms with van der Waals surface area (Å²) in [5.41, 5.74) is 1.42. The summed E-state index contributed by atoms with van der Waals surface area (Å²) in [6.07, 6.45) is 1.85. The molecular weight excluding hydrogens is 415 g/mol. The summed E-state index contributed by atoms with van der Waals surface area (Å²) in [6.45, 7) is 1.88. The lowest BCUT2D eigenvalue weighted by molar-refractivity contribution is -0.385. The van der Waals surface area contributed by atoms with E-state index in [0.717, 1.165) is 14.0 Å². The number of hydrogen-bond donors (Lipinski definition) is 1. The van der Waals surface area contributed by atoms with Gasteiger partial charge in [-0.1, -0.05) is 0 Å². The number of nitrogens with one attached hydrogen (secondary N) is 1. The van der Waals surface area contributed by atoms with Crippen LogP contribution in [0.15, 0.2) is 41.3 Å². The Morgan fingerprint density at radius 2 is 2.00 bits per heavy atom. The Bertz CT molecular complexity index is 750. The van der Waals surface area contributed by atoms with E-state index in [0.29, 0.717) is 5.69 Å². The average Bonchev–Trinajstić information content (AvgIpc) is 2.49. The van der Waals surface area contributed by atoms with E-state index in [9.17, 15) is 14.9 Å². The van der Waals surface area contributed by atoms with Gasteiger partial charge in [-0.05, 0) is 71.7 Å². The molecule has 0 fully saturated rings. The molecule has 0 aromatic heterocycles. The standard InChI is InChI=1S/C15H13IN2O3S/c1-9-7-10(16)3-5-13(9)17-15(19)12-8-11(22-2)4-6-14(12)18(20)21/h3-8H,1-2H3,(H,17,19). The van der Waals surface area contributed by atoms with Crippen molar-refractivity contribution in [2.45, 2.75) is 11.8 Å². The fourth-order valence-electron chi connectivity index (χ4n) is 1.94. The minimum absolute atomic E-state index is 0.0646. The lowest BCUT2D eigenvalue weighted by Crippen LogP contribution is -2.15. The Balaban J connectivity index is 2.38. The molecule has 0 radical (unpaired) electrons. The molecule has 0 aliphatic rings. The zero-order valence-corrected chi connectivity index (χ0v) is 14.9. The third-order valence-electron chi connectivity index (χ3n) is 3.08. The third-order valence-corrected chi connectivity index (χ3v) is 4.48. The molecule has 2 aromatic carbocycles. The average molecular weight is 428 g/mol. The number of nitrogens with zero attached hydrogens (tertiary/aromatic N) is 1. The smallest absolute Gasteiger partial charge is 0.282 e. The first kappa shape index (κ1) is 16.8. The molecule has 0 saturated carbocycles. The molecule has 5 nitrogen and oxygen atoms in total. The van der Waals surface area contributed by atoms with Crippen LogP contribution >= 0.6 is 34.4 Å². The van der Waals surface area contributed by atoms with Crippen LogP contribution < -0.4 is 5.32 Å². The molecule has 22 heavy (non-hydrogen) atoms. The first-order valence-corrected chi connectivity index (χ1v) is 8.62. The number of carbonyl (C=O) groups is 1. The maximum absolute atomic E-state index is 12.4. The number of nitro groups is 1. The molecule has 0 saturated heterocycles. The number of anilines is 1. The molecule has 2 aromatic rings. The van der Waals surface area contributed by atoms with Crippen LogP contribution in [0.25, 0.3) is 0 Å². The molecule has 0 spiro atoms. The van der Waals surface area contributed by atoms with Gasteiger partial charge in [0.15, 0.2) is 0 Å². The number of benzene rings is 2. The van der Waals surface area contributed by atoms with Crippen LogP contribution in [0.4, 0.5) is 11.4 Å². The SMILES string of the molecule is CSc1ccc([N+](=O)[O-])c(C(=O)Nc2ccc(I)cc2C)c1. The summed E-state index contributed by atoms with van der Waals surface area (Å²) in [7, 11) is 0. The van der Waals surface area contributed by atoms with Crippen LogP contribution in [0.1, 0.15) is 15.9 Å². The molecule has 7 heteroatoms. The molecule has 0 aliphatic carbocycles. The first-order chi connectivity index (χ1) is 10.4. The maximum atomic E-state index is 12.4. The Morgan fingerprint density at radius 1 is 1.27 bits per heavy atom. The molecule has 2 rings (SSSR count). The van der Waals surface area contributed by atoms with Crippen molar-refractivity contribution in [3.8, 4) is 0 Å². The summed E-state index contributed by atoms with van der Waals surface area (Å²) in [6, 6.07) is 10.1. The summed E-state index contributed by atoms with van der Waals surface area (Å²) in [5, 5.41) is 13.9. The van der Waals surface area contributed by atoms with Crippen molar-refractivity contribution in [2.24, 2.45) is 0 Å². The molecule has 1 amide bonds. The number of thioether (sulfide) groups is 1. The maximum Gasteiger partial charge on any atom is 0.282 e. The lowest BCUT2D eigenvalue weighted by Gasteiger charge is -2.10. The van der Waals surface area contributed by atoms with Gasteiger partial charge in [0.1, 0.15) is 5.56 Å². The van der Waals surface area contributed by atoms with Crippen LogP contribution in [-0.2, 0) is 0 Å². The van der Waals surface area contributed by atoms with Gasteiger partial charge in [-0.2, -0.15) is 0 Å². The second-order valence-electron chi connectivity index (χ2n) is 4.55. The van der Waals surface area contributed by atoms with Gasteiger partial charge < -0.3 is 5.32 Å². The molecular formula is C15H13IN2O3S. The highest BCUT2D eigenvalue weighted by molar-refractivity contribution is 14.1. The van der Waals surface area contributed by atoms with E-state index in [2.05, 4.69) is 27.9 Å². The molecule has 0 atom stereocenters. The second-order valence-corrected chi connectivity index (χ2v) is 6.68. The van der Waals surface area contributed by atoms with E-state index in [1.54, 1.807) is 18.2 Å². The van der Waals surface area contributed by atoms with E-state index in [1.165, 1.54) is 17.8 Å². The van der Waals surface area contributed by atoms with E-state index in [1.807, 2.05) is 25.3 Å². The Hall–Kier alpha value is -1.61. The normalized spacial score (nSPS) is 10.3. The van der Waals surface area contributed by atoms with Crippen molar-refractivity contribution in [2.75, 3.05) is 11.6 Å². The van der Waals surface area contributed by atoms with Crippen LogP contribution in [0, 0.1) is 20.6 Å². The van der Waals surface area contributed by atoms with Crippen LogP contribution in [0.5, 0.6) is 0 Å². The Labute approximate surface area is 145 Å². The molecule has 0 bridgehead atoms. The third kappa shape index (κ3) is 3.77. The van der Waals surface area contributed by atoms with Gasteiger partial charge >= 0.3 is 0 Å². The zero-order valence-electron chi connectivity index (χ0n) is 11.9. The Kier molecular flexibility index (Phi) is 5.41. The topological polar surface area (TPSA) is 72.2 Å². The van der Waals surface area contributed by atoms with Crippen molar-refractivity contribution in [1.82, 2.24) is 0 Å². The largest absolute Gasteiger partial charge is 0.322 e. The van der Waals surface area contributed by atoms with E-state index < -0.39 is 10.8 Å².